The second-order valence-corrected chi connectivity index (χ2v) is 13.7. The molecule has 3 unspecified atom stereocenters. The van der Waals surface area contributed by atoms with Gasteiger partial charge in [0.05, 0.1) is 12.5 Å². The first-order valence-electron chi connectivity index (χ1n) is 19.4. The summed E-state index contributed by atoms with van der Waals surface area (Å²) in [6.07, 6.45) is 31.4. The standard InChI is InChI=1S/C39H73NO6/c1-5-9-10-11-12-13-14-15-16-17-18-19-20-21-22-23-24-25-26-27-28-29-33-40(34(30-6-2)37(41)42,35(31-7-3)38(43)44)36(32-8-4)39(45)46/h12-13,34-36H,5-11,14-33H2,1-4H3,(H2-,41,42,43,44,45,46)/b13-12+. The van der Waals surface area contributed by atoms with Crippen LogP contribution in [0.3, 0.4) is 0 Å². The number of quaternary nitrogens is 1. The average molecular weight is 652 g/mol. The molecule has 7 nitrogen and oxygen atoms in total. The minimum atomic E-state index is -1.33. The molecule has 0 saturated carbocycles. The molecular weight excluding hydrogens is 578 g/mol. The maximum absolute atomic E-state index is 12.6. The third kappa shape index (κ3) is 18.4. The van der Waals surface area contributed by atoms with Gasteiger partial charge in [-0.2, -0.15) is 0 Å². The molecule has 0 aromatic rings. The fourth-order valence-electron chi connectivity index (χ4n) is 7.33. The zero-order valence-electron chi connectivity index (χ0n) is 30.5. The first-order chi connectivity index (χ1) is 22.2. The molecule has 0 aromatic heterocycles. The number of carbonyl (C=O) groups excluding carboxylic acids is 1. The maximum atomic E-state index is 12.6. The highest BCUT2D eigenvalue weighted by molar-refractivity contribution is 5.77. The van der Waals surface area contributed by atoms with Crippen LogP contribution in [0, 0.1) is 0 Å². The predicted octanol–water partition coefficient (Wildman–Crippen LogP) is 9.61. The van der Waals surface area contributed by atoms with Crippen molar-refractivity contribution in [3.8, 4) is 0 Å². The summed E-state index contributed by atoms with van der Waals surface area (Å²) >= 11 is 0. The summed E-state index contributed by atoms with van der Waals surface area (Å²) in [6, 6.07) is -3.32. The number of hydrogen-bond donors (Lipinski definition) is 2. The lowest BCUT2D eigenvalue weighted by molar-refractivity contribution is -0.975. The fourth-order valence-corrected chi connectivity index (χ4v) is 7.33. The minimum absolute atomic E-state index is 0.209. The summed E-state index contributed by atoms with van der Waals surface area (Å²) in [5.74, 6) is -3.55. The minimum Gasteiger partial charge on any atom is -0.544 e. The molecule has 0 aliphatic rings. The Morgan fingerprint density at radius 2 is 0.826 bits per heavy atom. The molecule has 2 N–H and O–H groups in total. The number of carboxylic acid groups (broad SMARTS) is 3. The molecule has 0 saturated heterocycles. The number of allylic oxidation sites excluding steroid dienone is 2. The number of hydrogen-bond acceptors (Lipinski definition) is 4. The monoisotopic (exact) mass is 652 g/mol. The lowest BCUT2D eigenvalue weighted by atomic mass is 9.91. The SMILES string of the molecule is CCCCC/C=C/CCCCCCCCCCCCCCCCC[N+](C(CCC)C(=O)[O-])(C(CCC)C(=O)O)C(CCC)C(=O)O. The van der Waals surface area contributed by atoms with E-state index >= 15 is 0 Å². The molecule has 270 valence electrons. The molecular formula is C39H73NO6. The topological polar surface area (TPSA) is 115 Å². The van der Waals surface area contributed by atoms with Crippen LogP contribution in [-0.4, -0.2) is 57.3 Å². The van der Waals surface area contributed by atoms with Crippen LogP contribution < -0.4 is 5.11 Å². The van der Waals surface area contributed by atoms with Gasteiger partial charge < -0.3 is 20.1 Å². The van der Waals surface area contributed by atoms with Crippen LogP contribution >= 0.6 is 0 Å². The number of aliphatic carboxylic acids is 3. The number of nitrogens with zero attached hydrogens (tertiary/aromatic N) is 1. The van der Waals surface area contributed by atoms with Crippen LogP contribution in [-0.2, 0) is 14.4 Å². The zero-order chi connectivity index (χ0) is 34.5. The first-order valence-corrected chi connectivity index (χ1v) is 19.4. The lowest BCUT2D eigenvalue weighted by Crippen LogP contribution is -2.74. The molecule has 7 heteroatoms. The Balaban J connectivity index is 4.57. The third-order valence-electron chi connectivity index (χ3n) is 9.83. The lowest BCUT2D eigenvalue weighted by Gasteiger charge is -2.52. The van der Waals surface area contributed by atoms with Crippen molar-refractivity contribution in [3.05, 3.63) is 12.2 Å². The third-order valence-corrected chi connectivity index (χ3v) is 9.83. The van der Waals surface area contributed by atoms with Gasteiger partial charge in [0.15, 0.2) is 12.1 Å². The van der Waals surface area contributed by atoms with Crippen molar-refractivity contribution in [1.29, 1.82) is 0 Å². The van der Waals surface area contributed by atoms with E-state index in [1.807, 2.05) is 20.8 Å². The zero-order valence-corrected chi connectivity index (χ0v) is 30.5. The van der Waals surface area contributed by atoms with Crippen LogP contribution in [0.15, 0.2) is 12.2 Å². The number of rotatable bonds is 34. The summed E-state index contributed by atoms with van der Waals surface area (Å²) < 4.78 is -0.431. The van der Waals surface area contributed by atoms with E-state index in [0.29, 0.717) is 25.7 Å². The van der Waals surface area contributed by atoms with E-state index < -0.39 is 40.5 Å². The second-order valence-electron chi connectivity index (χ2n) is 13.7. The van der Waals surface area contributed by atoms with Gasteiger partial charge in [0.25, 0.3) is 0 Å². The number of unbranched alkanes of at least 4 members (excludes halogenated alkanes) is 18. The molecule has 0 amide bonds. The molecule has 3 atom stereocenters. The van der Waals surface area contributed by atoms with E-state index in [0.717, 1.165) is 19.3 Å². The molecule has 0 aliphatic carbocycles. The van der Waals surface area contributed by atoms with Gasteiger partial charge in [-0.1, -0.05) is 136 Å². The van der Waals surface area contributed by atoms with Crippen molar-refractivity contribution >= 4 is 17.9 Å². The Bertz CT molecular complexity index is 738. The molecule has 0 radical (unpaired) electrons. The summed E-state index contributed by atoms with van der Waals surface area (Å²) in [4.78, 5) is 37.7. The van der Waals surface area contributed by atoms with Crippen LogP contribution in [0.1, 0.15) is 195 Å². The Morgan fingerprint density at radius 3 is 1.15 bits per heavy atom. The predicted molar refractivity (Wildman–Crippen MR) is 189 cm³/mol. The second kappa shape index (κ2) is 29.3. The highest BCUT2D eigenvalue weighted by Gasteiger charge is 2.54. The largest absolute Gasteiger partial charge is 0.544 e. The maximum Gasteiger partial charge on any atom is 0.362 e. The van der Waals surface area contributed by atoms with E-state index in [2.05, 4.69) is 19.1 Å². The number of carbonyl (C=O) groups is 3. The van der Waals surface area contributed by atoms with Crippen LogP contribution in [0.2, 0.25) is 0 Å². The van der Waals surface area contributed by atoms with Crippen LogP contribution in [0.4, 0.5) is 0 Å². The van der Waals surface area contributed by atoms with Crippen molar-refractivity contribution in [2.45, 2.75) is 213 Å². The van der Waals surface area contributed by atoms with Gasteiger partial charge in [-0.15, -0.1) is 0 Å². The van der Waals surface area contributed by atoms with E-state index in [1.54, 1.807) is 0 Å². The van der Waals surface area contributed by atoms with Gasteiger partial charge in [0.2, 0.25) is 0 Å². The van der Waals surface area contributed by atoms with Crippen molar-refractivity contribution in [3.63, 3.8) is 0 Å². The summed E-state index contributed by atoms with van der Waals surface area (Å²) in [5, 5.41) is 33.1. The van der Waals surface area contributed by atoms with Gasteiger partial charge in [0, 0.05) is 19.3 Å². The Labute approximate surface area is 283 Å². The molecule has 0 heterocycles. The van der Waals surface area contributed by atoms with Gasteiger partial charge in [0.1, 0.15) is 6.04 Å². The van der Waals surface area contributed by atoms with E-state index in [4.69, 9.17) is 0 Å². The molecule has 0 aliphatic heterocycles. The molecule has 0 bridgehead atoms. The van der Waals surface area contributed by atoms with Crippen molar-refractivity contribution in [2.24, 2.45) is 0 Å². The van der Waals surface area contributed by atoms with Crippen molar-refractivity contribution in [1.82, 2.24) is 0 Å². The highest BCUT2D eigenvalue weighted by atomic mass is 16.4. The van der Waals surface area contributed by atoms with Crippen LogP contribution in [0.25, 0.3) is 0 Å². The Kier molecular flexibility index (Phi) is 28.1. The average Bonchev–Trinajstić information content (AvgIpc) is 3.02. The van der Waals surface area contributed by atoms with E-state index in [1.165, 1.54) is 103 Å². The molecule has 46 heavy (non-hydrogen) atoms. The molecule has 0 rings (SSSR count). The van der Waals surface area contributed by atoms with Crippen molar-refractivity contribution in [2.75, 3.05) is 6.54 Å². The Hall–Kier alpha value is -1.89. The summed E-state index contributed by atoms with van der Waals surface area (Å²) in [7, 11) is 0. The van der Waals surface area contributed by atoms with Gasteiger partial charge in [-0.25, -0.2) is 9.59 Å². The van der Waals surface area contributed by atoms with Crippen LogP contribution in [0.5, 0.6) is 0 Å². The molecule has 0 spiro atoms. The summed E-state index contributed by atoms with van der Waals surface area (Å²) in [5.41, 5.74) is 0. The normalized spacial score (nSPS) is 15.0. The van der Waals surface area contributed by atoms with E-state index in [-0.39, 0.29) is 25.8 Å². The van der Waals surface area contributed by atoms with Crippen molar-refractivity contribution < 1.29 is 34.2 Å². The molecule has 0 aromatic carbocycles. The molecule has 0 fully saturated rings. The summed E-state index contributed by atoms with van der Waals surface area (Å²) in [6.45, 7) is 8.08. The quantitative estimate of drug-likeness (QED) is 0.0407. The number of carboxylic acids is 3. The van der Waals surface area contributed by atoms with E-state index in [9.17, 15) is 29.7 Å². The highest BCUT2D eigenvalue weighted by Crippen LogP contribution is 2.34. The smallest absolute Gasteiger partial charge is 0.362 e. The van der Waals surface area contributed by atoms with Gasteiger partial charge in [-0.05, 0) is 51.4 Å². The van der Waals surface area contributed by atoms with Gasteiger partial charge >= 0.3 is 11.9 Å². The fraction of sp³-hybridized carbons (Fsp3) is 0.872. The first kappa shape index (κ1) is 44.1. The Morgan fingerprint density at radius 1 is 0.500 bits per heavy atom. The van der Waals surface area contributed by atoms with Gasteiger partial charge in [-0.3, -0.25) is 4.48 Å².